The highest BCUT2D eigenvalue weighted by molar-refractivity contribution is 5.88. The van der Waals surface area contributed by atoms with Crippen LogP contribution in [0.1, 0.15) is 25.1 Å². The lowest BCUT2D eigenvalue weighted by atomic mass is 10.1. The van der Waals surface area contributed by atoms with E-state index < -0.39 is 5.97 Å². The van der Waals surface area contributed by atoms with E-state index >= 15 is 0 Å². The molecule has 0 unspecified atom stereocenters. The summed E-state index contributed by atoms with van der Waals surface area (Å²) < 4.78 is 10.4. The van der Waals surface area contributed by atoms with Crippen molar-refractivity contribution in [2.24, 2.45) is 0 Å². The SMILES string of the molecule is CC(=O)Oc1ccccc1C=Cc1ccc2cccc(OC(C)=O)c2n1. The van der Waals surface area contributed by atoms with E-state index in [-0.39, 0.29) is 5.97 Å². The minimum absolute atomic E-state index is 0.374. The van der Waals surface area contributed by atoms with Crippen LogP contribution in [0.5, 0.6) is 11.5 Å². The second-order valence-corrected chi connectivity index (χ2v) is 5.62. The third-order valence-corrected chi connectivity index (χ3v) is 3.56. The van der Waals surface area contributed by atoms with Crippen molar-refractivity contribution < 1.29 is 19.1 Å². The Morgan fingerprint density at radius 1 is 0.808 bits per heavy atom. The Morgan fingerprint density at radius 3 is 2.27 bits per heavy atom. The summed E-state index contributed by atoms with van der Waals surface area (Å²) >= 11 is 0. The average molecular weight is 347 g/mol. The van der Waals surface area contributed by atoms with E-state index in [1.165, 1.54) is 13.8 Å². The number of hydrogen-bond donors (Lipinski definition) is 0. The molecule has 3 rings (SSSR count). The van der Waals surface area contributed by atoms with Gasteiger partial charge >= 0.3 is 11.9 Å². The molecule has 1 aromatic heterocycles. The minimum Gasteiger partial charge on any atom is -0.426 e. The maximum atomic E-state index is 11.3. The molecule has 5 nitrogen and oxygen atoms in total. The van der Waals surface area contributed by atoms with Gasteiger partial charge in [-0.25, -0.2) is 4.98 Å². The molecule has 5 heteroatoms. The smallest absolute Gasteiger partial charge is 0.308 e. The van der Waals surface area contributed by atoms with Crippen molar-refractivity contribution in [2.75, 3.05) is 0 Å². The van der Waals surface area contributed by atoms with E-state index in [9.17, 15) is 9.59 Å². The van der Waals surface area contributed by atoms with E-state index in [4.69, 9.17) is 9.47 Å². The molecule has 0 radical (unpaired) electrons. The van der Waals surface area contributed by atoms with Gasteiger partial charge < -0.3 is 9.47 Å². The second kappa shape index (κ2) is 7.61. The zero-order valence-corrected chi connectivity index (χ0v) is 14.4. The molecule has 2 aromatic carbocycles. The molecule has 1 heterocycles. The minimum atomic E-state index is -0.393. The summed E-state index contributed by atoms with van der Waals surface area (Å²) in [5, 5.41) is 0.876. The van der Waals surface area contributed by atoms with Crippen LogP contribution in [0.25, 0.3) is 23.1 Å². The Hall–Kier alpha value is -3.47. The van der Waals surface area contributed by atoms with Crippen LogP contribution in [-0.2, 0) is 9.59 Å². The highest BCUT2D eigenvalue weighted by Crippen LogP contribution is 2.25. The number of esters is 2. The van der Waals surface area contributed by atoms with Crippen LogP contribution in [0.4, 0.5) is 0 Å². The van der Waals surface area contributed by atoms with Crippen molar-refractivity contribution in [2.45, 2.75) is 13.8 Å². The topological polar surface area (TPSA) is 65.5 Å². The third kappa shape index (κ3) is 4.13. The lowest BCUT2D eigenvalue weighted by molar-refractivity contribution is -0.132. The summed E-state index contributed by atoms with van der Waals surface area (Å²) in [7, 11) is 0. The molecule has 0 spiro atoms. The van der Waals surface area contributed by atoms with Gasteiger partial charge in [-0.2, -0.15) is 0 Å². The number of aromatic nitrogens is 1. The van der Waals surface area contributed by atoms with Gasteiger partial charge in [-0.15, -0.1) is 0 Å². The fraction of sp³-hybridized carbons (Fsp3) is 0.0952. The van der Waals surface area contributed by atoms with Gasteiger partial charge in [0.2, 0.25) is 0 Å². The first-order valence-corrected chi connectivity index (χ1v) is 8.06. The molecule has 0 saturated carbocycles. The van der Waals surface area contributed by atoms with Gasteiger partial charge in [-0.1, -0.05) is 36.4 Å². The second-order valence-electron chi connectivity index (χ2n) is 5.62. The number of carbonyl (C=O) groups is 2. The standard InChI is InChI=1S/C21H17NO4/c1-14(23)25-19-8-4-3-6-16(19)10-12-18-13-11-17-7-5-9-20(21(17)22-18)26-15(2)24/h3-13H,1-2H3. The van der Waals surface area contributed by atoms with Gasteiger partial charge in [-0.3, -0.25) is 9.59 Å². The van der Waals surface area contributed by atoms with Crippen LogP contribution >= 0.6 is 0 Å². The molecule has 0 fully saturated rings. The van der Waals surface area contributed by atoms with Crippen LogP contribution in [0.3, 0.4) is 0 Å². The van der Waals surface area contributed by atoms with Gasteiger partial charge in [0.05, 0.1) is 5.69 Å². The number of rotatable bonds is 4. The molecule has 26 heavy (non-hydrogen) atoms. The molecule has 0 N–H and O–H groups in total. The molecule has 0 bridgehead atoms. The van der Waals surface area contributed by atoms with Crippen molar-refractivity contribution in [1.29, 1.82) is 0 Å². The highest BCUT2D eigenvalue weighted by Gasteiger charge is 2.07. The normalized spacial score (nSPS) is 10.8. The predicted octanol–water partition coefficient (Wildman–Crippen LogP) is 4.26. The number of ether oxygens (including phenoxy) is 2. The zero-order chi connectivity index (χ0) is 18.5. The van der Waals surface area contributed by atoms with Gasteiger partial charge in [0.1, 0.15) is 11.3 Å². The largest absolute Gasteiger partial charge is 0.426 e. The number of para-hydroxylation sites is 2. The van der Waals surface area contributed by atoms with Crippen LogP contribution in [0.2, 0.25) is 0 Å². The fourth-order valence-electron chi connectivity index (χ4n) is 2.51. The molecule has 3 aromatic rings. The van der Waals surface area contributed by atoms with E-state index in [2.05, 4.69) is 4.98 Å². The summed E-state index contributed by atoms with van der Waals surface area (Å²) in [4.78, 5) is 27.0. The van der Waals surface area contributed by atoms with E-state index in [0.29, 0.717) is 22.7 Å². The Bertz CT molecular complexity index is 1010. The first-order chi connectivity index (χ1) is 12.5. The molecular weight excluding hydrogens is 330 g/mol. The first kappa shape index (κ1) is 17.4. The van der Waals surface area contributed by atoms with Crippen LogP contribution in [0.15, 0.2) is 54.6 Å². The maximum absolute atomic E-state index is 11.3. The number of hydrogen-bond acceptors (Lipinski definition) is 5. The van der Waals surface area contributed by atoms with E-state index in [1.807, 2.05) is 48.6 Å². The van der Waals surface area contributed by atoms with E-state index in [0.717, 1.165) is 10.9 Å². The monoisotopic (exact) mass is 347 g/mol. The summed E-state index contributed by atoms with van der Waals surface area (Å²) in [6.07, 6.45) is 3.63. The van der Waals surface area contributed by atoms with Crippen molar-refractivity contribution in [3.63, 3.8) is 0 Å². The molecular formula is C21H17NO4. The van der Waals surface area contributed by atoms with Gasteiger partial charge in [0.25, 0.3) is 0 Å². The van der Waals surface area contributed by atoms with Crippen LogP contribution < -0.4 is 9.47 Å². The maximum Gasteiger partial charge on any atom is 0.308 e. The van der Waals surface area contributed by atoms with Gasteiger partial charge in [0.15, 0.2) is 5.75 Å². The first-order valence-electron chi connectivity index (χ1n) is 8.06. The summed E-state index contributed by atoms with van der Waals surface area (Å²) in [5.41, 5.74) is 2.06. The van der Waals surface area contributed by atoms with E-state index in [1.54, 1.807) is 18.2 Å². The highest BCUT2D eigenvalue weighted by atomic mass is 16.5. The van der Waals surface area contributed by atoms with Crippen molar-refractivity contribution in [1.82, 2.24) is 4.98 Å². The Morgan fingerprint density at radius 2 is 1.50 bits per heavy atom. The zero-order valence-electron chi connectivity index (χ0n) is 14.4. The Kier molecular flexibility index (Phi) is 5.08. The van der Waals surface area contributed by atoms with Crippen molar-refractivity contribution in [3.05, 3.63) is 65.9 Å². The molecule has 0 amide bonds. The van der Waals surface area contributed by atoms with Crippen molar-refractivity contribution in [3.8, 4) is 11.5 Å². The van der Waals surface area contributed by atoms with Gasteiger partial charge in [-0.05, 0) is 30.4 Å². The third-order valence-electron chi connectivity index (χ3n) is 3.56. The Balaban J connectivity index is 1.95. The summed E-state index contributed by atoms with van der Waals surface area (Å²) in [6.45, 7) is 2.72. The molecule has 0 aliphatic rings. The lowest BCUT2D eigenvalue weighted by Crippen LogP contribution is -2.02. The predicted molar refractivity (Wildman–Crippen MR) is 99.7 cm³/mol. The van der Waals surface area contributed by atoms with Crippen LogP contribution in [0, 0.1) is 0 Å². The van der Waals surface area contributed by atoms with Crippen molar-refractivity contribution >= 4 is 35.0 Å². The Labute approximate surface area is 150 Å². The van der Waals surface area contributed by atoms with Crippen LogP contribution in [-0.4, -0.2) is 16.9 Å². The molecule has 0 atom stereocenters. The average Bonchev–Trinajstić information content (AvgIpc) is 2.60. The molecule has 0 saturated heterocycles. The summed E-state index contributed by atoms with van der Waals surface area (Å²) in [6, 6.07) is 16.4. The van der Waals surface area contributed by atoms with Gasteiger partial charge in [0, 0.05) is 24.8 Å². The molecule has 0 aliphatic heterocycles. The molecule has 130 valence electrons. The summed E-state index contributed by atoms with van der Waals surface area (Å²) in [5.74, 6) is 0.138. The number of benzene rings is 2. The number of pyridine rings is 1. The number of nitrogens with zero attached hydrogens (tertiary/aromatic N) is 1. The lowest BCUT2D eigenvalue weighted by Gasteiger charge is -2.06. The fourth-order valence-corrected chi connectivity index (χ4v) is 2.51. The number of fused-ring (bicyclic) bond motifs is 1. The molecule has 0 aliphatic carbocycles. The number of carbonyl (C=O) groups excluding carboxylic acids is 2. The quantitative estimate of drug-likeness (QED) is 0.521.